The van der Waals surface area contributed by atoms with Gasteiger partial charge in [0.05, 0.1) is 13.2 Å². The molecule has 1 heterocycles. The predicted octanol–water partition coefficient (Wildman–Crippen LogP) is 3.31. The van der Waals surface area contributed by atoms with Crippen LogP contribution in [-0.2, 0) is 17.9 Å². The van der Waals surface area contributed by atoms with E-state index in [0.29, 0.717) is 5.92 Å². The van der Waals surface area contributed by atoms with E-state index < -0.39 is 0 Å². The molecule has 0 radical (unpaired) electrons. The van der Waals surface area contributed by atoms with Crippen molar-refractivity contribution in [1.29, 1.82) is 0 Å². The zero-order valence-electron chi connectivity index (χ0n) is 14.4. The first-order valence-electron chi connectivity index (χ1n) is 8.99. The van der Waals surface area contributed by atoms with Crippen LogP contribution in [0.15, 0.2) is 60.7 Å². The molecule has 1 aliphatic heterocycles. The zero-order chi connectivity index (χ0) is 16.5. The number of hydrogen-bond acceptors (Lipinski definition) is 3. The van der Waals surface area contributed by atoms with Gasteiger partial charge in [-0.2, -0.15) is 0 Å². The minimum atomic E-state index is 0.683. The van der Waals surface area contributed by atoms with E-state index in [1.807, 2.05) is 6.07 Å². The van der Waals surface area contributed by atoms with Crippen molar-refractivity contribution >= 4 is 0 Å². The van der Waals surface area contributed by atoms with Crippen LogP contribution in [0.2, 0.25) is 0 Å². The molecule has 1 saturated heterocycles. The van der Waals surface area contributed by atoms with Crippen LogP contribution in [-0.4, -0.2) is 37.7 Å². The van der Waals surface area contributed by atoms with Gasteiger partial charge in [0.15, 0.2) is 0 Å². The molecule has 0 aromatic heterocycles. The van der Waals surface area contributed by atoms with Crippen molar-refractivity contribution in [2.24, 2.45) is 5.92 Å². The molecule has 3 rings (SSSR count). The van der Waals surface area contributed by atoms with Crippen LogP contribution in [0.25, 0.3) is 0 Å². The van der Waals surface area contributed by atoms with E-state index in [2.05, 4.69) is 64.8 Å². The van der Waals surface area contributed by atoms with Crippen LogP contribution in [0.3, 0.4) is 0 Å². The Bertz CT molecular complexity index is 573. The van der Waals surface area contributed by atoms with Gasteiger partial charge in [-0.15, -0.1) is 0 Å². The predicted molar refractivity (Wildman–Crippen MR) is 98.8 cm³/mol. The molecule has 2 aromatic carbocycles. The number of rotatable bonds is 9. The van der Waals surface area contributed by atoms with Gasteiger partial charge in [0.25, 0.3) is 0 Å². The lowest BCUT2D eigenvalue weighted by atomic mass is 10.1. The van der Waals surface area contributed by atoms with Crippen LogP contribution in [0.5, 0.6) is 0 Å². The minimum Gasteiger partial charge on any atom is -0.376 e. The normalized spacial score (nSPS) is 18.1. The molecule has 0 aliphatic carbocycles. The quantitative estimate of drug-likeness (QED) is 0.716. The Balaban J connectivity index is 1.26. The van der Waals surface area contributed by atoms with Crippen molar-refractivity contribution in [3.05, 3.63) is 71.8 Å². The van der Waals surface area contributed by atoms with E-state index in [9.17, 15) is 0 Å². The Hall–Kier alpha value is -1.68. The maximum Gasteiger partial charge on any atom is 0.0717 e. The van der Waals surface area contributed by atoms with E-state index in [-0.39, 0.29) is 0 Å². The van der Waals surface area contributed by atoms with Gasteiger partial charge < -0.3 is 15.0 Å². The van der Waals surface area contributed by atoms with Gasteiger partial charge in [0.2, 0.25) is 0 Å². The standard InChI is InChI=1S/C21H28N2O/c1-3-7-19(8-4-1)15-22-12-14-23-13-11-21(16-23)18-24-17-20-9-5-2-6-10-20/h1-10,21-22H,11-18H2. The minimum absolute atomic E-state index is 0.683. The van der Waals surface area contributed by atoms with Gasteiger partial charge in [-0.25, -0.2) is 0 Å². The second kappa shape index (κ2) is 9.58. The summed E-state index contributed by atoms with van der Waals surface area (Å²) in [5.74, 6) is 0.683. The van der Waals surface area contributed by atoms with E-state index in [1.54, 1.807) is 0 Å². The Morgan fingerprint density at radius 2 is 1.67 bits per heavy atom. The Kier molecular flexibility index (Phi) is 6.84. The largest absolute Gasteiger partial charge is 0.376 e. The molecule has 0 saturated carbocycles. The fourth-order valence-electron chi connectivity index (χ4n) is 3.24. The molecule has 1 fully saturated rings. The Labute approximate surface area is 145 Å². The number of nitrogens with one attached hydrogen (secondary N) is 1. The van der Waals surface area contributed by atoms with Crippen LogP contribution in [0.1, 0.15) is 17.5 Å². The molecule has 1 unspecified atom stereocenters. The van der Waals surface area contributed by atoms with Crippen molar-refractivity contribution < 1.29 is 4.74 Å². The van der Waals surface area contributed by atoms with E-state index in [0.717, 1.165) is 32.8 Å². The van der Waals surface area contributed by atoms with Crippen LogP contribution < -0.4 is 5.32 Å². The second-order valence-electron chi connectivity index (χ2n) is 6.62. The molecule has 0 bridgehead atoms. The maximum atomic E-state index is 5.89. The monoisotopic (exact) mass is 324 g/mol. The Morgan fingerprint density at radius 1 is 0.958 bits per heavy atom. The summed E-state index contributed by atoms with van der Waals surface area (Å²) in [5.41, 5.74) is 2.61. The molecule has 1 atom stereocenters. The average Bonchev–Trinajstić information content (AvgIpc) is 3.08. The summed E-state index contributed by atoms with van der Waals surface area (Å²) < 4.78 is 5.89. The molecule has 24 heavy (non-hydrogen) atoms. The lowest BCUT2D eigenvalue weighted by Crippen LogP contribution is -2.30. The number of nitrogens with zero attached hydrogens (tertiary/aromatic N) is 1. The lowest BCUT2D eigenvalue weighted by Gasteiger charge is -2.16. The first-order valence-corrected chi connectivity index (χ1v) is 8.99. The molecule has 3 heteroatoms. The molecule has 1 aliphatic rings. The van der Waals surface area contributed by atoms with Gasteiger partial charge in [-0.3, -0.25) is 0 Å². The van der Waals surface area contributed by atoms with Crippen LogP contribution >= 0.6 is 0 Å². The fraction of sp³-hybridized carbons (Fsp3) is 0.429. The summed E-state index contributed by atoms with van der Waals surface area (Å²) in [6, 6.07) is 21.0. The summed E-state index contributed by atoms with van der Waals surface area (Å²) in [6.07, 6.45) is 1.26. The highest BCUT2D eigenvalue weighted by molar-refractivity contribution is 5.14. The van der Waals surface area contributed by atoms with E-state index in [4.69, 9.17) is 4.74 Å². The van der Waals surface area contributed by atoms with Crippen molar-refractivity contribution in [3.8, 4) is 0 Å². The van der Waals surface area contributed by atoms with Gasteiger partial charge in [-0.1, -0.05) is 60.7 Å². The summed E-state index contributed by atoms with van der Waals surface area (Å²) in [6.45, 7) is 7.11. The van der Waals surface area contributed by atoms with Crippen molar-refractivity contribution in [2.45, 2.75) is 19.6 Å². The molecule has 0 spiro atoms. The van der Waals surface area contributed by atoms with Crippen molar-refractivity contribution in [1.82, 2.24) is 10.2 Å². The highest BCUT2D eigenvalue weighted by Crippen LogP contribution is 2.16. The summed E-state index contributed by atoms with van der Waals surface area (Å²) in [5, 5.41) is 3.54. The Morgan fingerprint density at radius 3 is 2.42 bits per heavy atom. The molecule has 0 amide bonds. The molecule has 128 valence electrons. The van der Waals surface area contributed by atoms with Crippen LogP contribution in [0.4, 0.5) is 0 Å². The molecule has 1 N–H and O–H groups in total. The van der Waals surface area contributed by atoms with Crippen molar-refractivity contribution in [3.63, 3.8) is 0 Å². The second-order valence-corrected chi connectivity index (χ2v) is 6.62. The molecular weight excluding hydrogens is 296 g/mol. The van der Waals surface area contributed by atoms with E-state index >= 15 is 0 Å². The molecular formula is C21H28N2O. The smallest absolute Gasteiger partial charge is 0.0717 e. The molecule has 2 aromatic rings. The summed E-state index contributed by atoms with van der Waals surface area (Å²) >= 11 is 0. The first kappa shape index (κ1) is 17.2. The maximum absolute atomic E-state index is 5.89. The summed E-state index contributed by atoms with van der Waals surface area (Å²) in [7, 11) is 0. The van der Waals surface area contributed by atoms with Gasteiger partial charge in [-0.05, 0) is 30.0 Å². The number of ether oxygens (including phenoxy) is 1. The van der Waals surface area contributed by atoms with Gasteiger partial charge in [0.1, 0.15) is 0 Å². The molecule has 3 nitrogen and oxygen atoms in total. The third-order valence-electron chi connectivity index (χ3n) is 4.61. The highest BCUT2D eigenvalue weighted by Gasteiger charge is 2.21. The van der Waals surface area contributed by atoms with E-state index in [1.165, 1.54) is 30.6 Å². The highest BCUT2D eigenvalue weighted by atomic mass is 16.5. The number of hydrogen-bond donors (Lipinski definition) is 1. The first-order chi connectivity index (χ1) is 11.9. The van der Waals surface area contributed by atoms with Crippen LogP contribution in [0, 0.1) is 5.92 Å². The third kappa shape index (κ3) is 5.75. The fourth-order valence-corrected chi connectivity index (χ4v) is 3.24. The van der Waals surface area contributed by atoms with Crippen molar-refractivity contribution in [2.75, 3.05) is 32.8 Å². The lowest BCUT2D eigenvalue weighted by molar-refractivity contribution is 0.0888. The van der Waals surface area contributed by atoms with Gasteiger partial charge in [0, 0.05) is 26.2 Å². The topological polar surface area (TPSA) is 24.5 Å². The average molecular weight is 324 g/mol. The number of benzene rings is 2. The summed E-state index contributed by atoms with van der Waals surface area (Å²) in [4.78, 5) is 2.55. The van der Waals surface area contributed by atoms with Gasteiger partial charge >= 0.3 is 0 Å². The third-order valence-corrected chi connectivity index (χ3v) is 4.61. The SMILES string of the molecule is c1ccc(CNCCN2CCC(COCc3ccccc3)C2)cc1. The number of likely N-dealkylation sites (tertiary alicyclic amines) is 1. The zero-order valence-corrected chi connectivity index (χ0v) is 14.4.